The van der Waals surface area contributed by atoms with Crippen molar-refractivity contribution in [1.82, 2.24) is 4.90 Å². The molecule has 0 aliphatic carbocycles. The van der Waals surface area contributed by atoms with Gasteiger partial charge in [0.15, 0.2) is 0 Å². The maximum Gasteiger partial charge on any atom is 0.410 e. The van der Waals surface area contributed by atoms with Gasteiger partial charge in [0.05, 0.1) is 12.7 Å². The van der Waals surface area contributed by atoms with Crippen molar-refractivity contribution in [2.24, 2.45) is 5.41 Å². The van der Waals surface area contributed by atoms with Crippen LogP contribution in [-0.2, 0) is 4.74 Å². The van der Waals surface area contributed by atoms with Crippen molar-refractivity contribution < 1.29 is 14.6 Å². The van der Waals surface area contributed by atoms with Crippen molar-refractivity contribution in [3.63, 3.8) is 0 Å². The van der Waals surface area contributed by atoms with Gasteiger partial charge in [0.25, 0.3) is 0 Å². The first-order valence-corrected chi connectivity index (χ1v) is 5.28. The van der Waals surface area contributed by atoms with Crippen LogP contribution in [0.1, 0.15) is 27.2 Å². The average molecular weight is 226 g/mol. The van der Waals surface area contributed by atoms with Crippen LogP contribution in [0.4, 0.5) is 4.79 Å². The third kappa shape index (κ3) is 2.86. The summed E-state index contributed by atoms with van der Waals surface area (Å²) in [7, 11) is 0. The molecule has 1 amide bonds. The van der Waals surface area contributed by atoms with Gasteiger partial charge in [0.1, 0.15) is 5.60 Å². The van der Waals surface area contributed by atoms with Crippen LogP contribution in [0.5, 0.6) is 0 Å². The zero-order valence-electron chi connectivity index (χ0n) is 9.99. The van der Waals surface area contributed by atoms with E-state index >= 15 is 0 Å². The Morgan fingerprint density at radius 1 is 1.56 bits per heavy atom. The lowest BCUT2D eigenvalue weighted by atomic mass is 9.78. The van der Waals surface area contributed by atoms with Gasteiger partial charge in [-0.15, -0.1) is 0 Å². The second-order valence-corrected chi connectivity index (χ2v) is 5.33. The Morgan fingerprint density at radius 2 is 2.12 bits per heavy atom. The van der Waals surface area contributed by atoms with Crippen molar-refractivity contribution >= 4 is 6.09 Å². The van der Waals surface area contributed by atoms with Gasteiger partial charge in [-0.25, -0.2) is 4.79 Å². The van der Waals surface area contributed by atoms with Crippen molar-refractivity contribution in [2.45, 2.75) is 32.8 Å². The number of carbonyl (C=O) groups excluding carboxylic acids is 1. The van der Waals surface area contributed by atoms with Crippen LogP contribution in [0.3, 0.4) is 0 Å². The van der Waals surface area contributed by atoms with Gasteiger partial charge >= 0.3 is 6.09 Å². The Labute approximate surface area is 95.6 Å². The molecule has 0 bridgehead atoms. The number of carbonyl (C=O) groups is 1. The molecule has 0 saturated carbocycles. The molecule has 0 spiro atoms. The summed E-state index contributed by atoms with van der Waals surface area (Å²) >= 11 is 0. The predicted octanol–water partition coefficient (Wildman–Crippen LogP) is 1.13. The molecule has 0 atom stereocenters. The number of nitriles is 1. The molecule has 16 heavy (non-hydrogen) atoms. The van der Waals surface area contributed by atoms with Crippen LogP contribution >= 0.6 is 0 Å². The molecule has 0 unspecified atom stereocenters. The molecule has 0 aromatic heterocycles. The summed E-state index contributed by atoms with van der Waals surface area (Å²) in [6.45, 7) is 6.13. The average Bonchev–Trinajstić information content (AvgIpc) is 2.07. The van der Waals surface area contributed by atoms with E-state index in [0.29, 0.717) is 13.1 Å². The largest absolute Gasteiger partial charge is 0.444 e. The highest BCUT2D eigenvalue weighted by Gasteiger charge is 2.46. The van der Waals surface area contributed by atoms with Gasteiger partial charge < -0.3 is 14.7 Å². The van der Waals surface area contributed by atoms with E-state index in [0.717, 1.165) is 0 Å². The summed E-state index contributed by atoms with van der Waals surface area (Å²) in [4.78, 5) is 13.1. The quantitative estimate of drug-likeness (QED) is 0.766. The molecule has 1 fully saturated rings. The van der Waals surface area contributed by atoms with Gasteiger partial charge in [-0.1, -0.05) is 0 Å². The standard InChI is InChI=1S/C11H18N2O3/c1-10(2,3)16-9(15)13-6-11(7-13,8-14)4-5-12/h14H,4,6-8H2,1-3H3. The Morgan fingerprint density at radius 3 is 2.50 bits per heavy atom. The molecule has 0 aromatic carbocycles. The maximum absolute atomic E-state index is 11.6. The van der Waals surface area contributed by atoms with Crippen LogP contribution in [0, 0.1) is 16.7 Å². The van der Waals surface area contributed by atoms with Gasteiger partial charge in [0, 0.05) is 24.9 Å². The molecule has 1 saturated heterocycles. The fraction of sp³-hybridized carbons (Fsp3) is 0.818. The third-order valence-electron chi connectivity index (χ3n) is 2.49. The molecule has 5 heteroatoms. The Hall–Kier alpha value is -1.28. The molecule has 5 nitrogen and oxygen atoms in total. The minimum atomic E-state index is -0.510. The van der Waals surface area contributed by atoms with E-state index in [2.05, 4.69) is 0 Å². The third-order valence-corrected chi connectivity index (χ3v) is 2.49. The van der Waals surface area contributed by atoms with Crippen molar-refractivity contribution in [3.05, 3.63) is 0 Å². The number of ether oxygens (including phenoxy) is 1. The van der Waals surface area contributed by atoms with Gasteiger partial charge in [-0.3, -0.25) is 0 Å². The zero-order valence-corrected chi connectivity index (χ0v) is 9.99. The Kier molecular flexibility index (Phi) is 3.44. The van der Waals surface area contributed by atoms with E-state index in [9.17, 15) is 4.79 Å². The van der Waals surface area contributed by atoms with E-state index in [4.69, 9.17) is 15.1 Å². The number of hydrogen-bond donors (Lipinski definition) is 1. The predicted molar refractivity (Wildman–Crippen MR) is 57.6 cm³/mol. The summed E-state index contributed by atoms with van der Waals surface area (Å²) in [5, 5.41) is 17.8. The Bertz CT molecular complexity index is 308. The first-order valence-electron chi connectivity index (χ1n) is 5.28. The minimum Gasteiger partial charge on any atom is -0.444 e. The number of hydrogen-bond acceptors (Lipinski definition) is 4. The van der Waals surface area contributed by atoms with E-state index in [1.165, 1.54) is 4.90 Å². The van der Waals surface area contributed by atoms with E-state index in [1.54, 1.807) is 20.8 Å². The first kappa shape index (κ1) is 12.8. The lowest BCUT2D eigenvalue weighted by Gasteiger charge is -2.47. The summed E-state index contributed by atoms with van der Waals surface area (Å²) in [6, 6.07) is 2.03. The van der Waals surface area contributed by atoms with Gasteiger partial charge in [-0.2, -0.15) is 5.26 Å². The molecule has 90 valence electrons. The van der Waals surface area contributed by atoms with Crippen LogP contribution in [0.25, 0.3) is 0 Å². The lowest BCUT2D eigenvalue weighted by molar-refractivity contribution is -0.0534. The normalized spacial score (nSPS) is 18.6. The molecule has 0 radical (unpaired) electrons. The number of likely N-dealkylation sites (tertiary alicyclic amines) is 1. The van der Waals surface area contributed by atoms with Gasteiger partial charge in [0.2, 0.25) is 0 Å². The number of rotatable bonds is 2. The Balaban J connectivity index is 2.46. The number of aliphatic hydroxyl groups is 1. The minimum absolute atomic E-state index is 0.0696. The maximum atomic E-state index is 11.6. The molecule has 1 rings (SSSR count). The first-order chi connectivity index (χ1) is 7.32. The van der Waals surface area contributed by atoms with Gasteiger partial charge in [-0.05, 0) is 20.8 Å². The van der Waals surface area contributed by atoms with Crippen LogP contribution in [-0.4, -0.2) is 41.4 Å². The summed E-state index contributed by atoms with van der Waals surface area (Å²) < 4.78 is 5.18. The monoisotopic (exact) mass is 226 g/mol. The van der Waals surface area contributed by atoms with Crippen LogP contribution in [0.2, 0.25) is 0 Å². The topological polar surface area (TPSA) is 73.6 Å². The summed E-state index contributed by atoms with van der Waals surface area (Å²) in [5.74, 6) is 0. The number of aliphatic hydroxyl groups excluding tert-OH is 1. The highest BCUT2D eigenvalue weighted by molar-refractivity contribution is 5.69. The summed E-state index contributed by atoms with van der Waals surface area (Å²) in [6.07, 6.45) is -0.113. The smallest absolute Gasteiger partial charge is 0.410 e. The second-order valence-electron chi connectivity index (χ2n) is 5.33. The van der Waals surface area contributed by atoms with E-state index in [1.807, 2.05) is 6.07 Å². The molecule has 1 N–H and O–H groups in total. The van der Waals surface area contributed by atoms with Crippen molar-refractivity contribution in [2.75, 3.05) is 19.7 Å². The number of amides is 1. The van der Waals surface area contributed by atoms with E-state index < -0.39 is 11.0 Å². The fourth-order valence-corrected chi connectivity index (χ4v) is 1.65. The van der Waals surface area contributed by atoms with E-state index in [-0.39, 0.29) is 19.1 Å². The lowest BCUT2D eigenvalue weighted by Crippen LogP contribution is -2.60. The second kappa shape index (κ2) is 4.30. The fourth-order valence-electron chi connectivity index (χ4n) is 1.65. The van der Waals surface area contributed by atoms with Crippen LogP contribution in [0.15, 0.2) is 0 Å². The SMILES string of the molecule is CC(C)(C)OC(=O)N1CC(CO)(CC#N)C1. The molecule has 0 aromatic rings. The highest BCUT2D eigenvalue weighted by Crippen LogP contribution is 2.34. The molecule has 1 aliphatic heterocycles. The zero-order chi connectivity index (χ0) is 12.4. The number of nitrogens with zero attached hydrogens (tertiary/aromatic N) is 2. The molecular weight excluding hydrogens is 208 g/mol. The highest BCUT2D eigenvalue weighted by atomic mass is 16.6. The van der Waals surface area contributed by atoms with Crippen LogP contribution < -0.4 is 0 Å². The molecule has 1 heterocycles. The molecular formula is C11H18N2O3. The van der Waals surface area contributed by atoms with Crippen molar-refractivity contribution in [3.8, 4) is 6.07 Å². The molecule has 1 aliphatic rings. The summed E-state index contributed by atoms with van der Waals surface area (Å²) in [5.41, 5.74) is -0.949. The van der Waals surface area contributed by atoms with Crippen molar-refractivity contribution in [1.29, 1.82) is 5.26 Å².